The van der Waals surface area contributed by atoms with Gasteiger partial charge in [-0.1, -0.05) is 15.9 Å². The van der Waals surface area contributed by atoms with Gasteiger partial charge in [0.05, 0.1) is 0 Å². The van der Waals surface area contributed by atoms with Crippen LogP contribution < -0.4 is 0 Å². The summed E-state index contributed by atoms with van der Waals surface area (Å²) >= 11 is 2.96. The monoisotopic (exact) mass is 335 g/mol. The van der Waals surface area contributed by atoms with E-state index in [1.54, 1.807) is 0 Å². The Hall–Kier alpha value is -1.01. The molecular formula is C13H16BrF2NO2. The van der Waals surface area contributed by atoms with E-state index in [0.29, 0.717) is 19.4 Å². The number of unbranched alkanes of at least 4 members (excludes halogenated alkanes) is 2. The van der Waals surface area contributed by atoms with E-state index in [1.807, 2.05) is 0 Å². The summed E-state index contributed by atoms with van der Waals surface area (Å²) in [5.41, 5.74) is -0.534. The minimum Gasteiger partial charge on any atom is -0.396 e. The summed E-state index contributed by atoms with van der Waals surface area (Å²) in [7, 11) is 1.50. The molecule has 0 aliphatic rings. The molecule has 0 heterocycles. The summed E-state index contributed by atoms with van der Waals surface area (Å²) in [6.07, 6.45) is 2.10. The summed E-state index contributed by atoms with van der Waals surface area (Å²) in [4.78, 5) is 13.2. The molecule has 0 unspecified atom stereocenters. The predicted molar refractivity (Wildman–Crippen MR) is 72.0 cm³/mol. The van der Waals surface area contributed by atoms with Crippen LogP contribution in [0.1, 0.15) is 29.6 Å². The van der Waals surface area contributed by atoms with E-state index in [0.717, 1.165) is 18.6 Å². The van der Waals surface area contributed by atoms with Crippen LogP contribution in [0.15, 0.2) is 16.6 Å². The fourth-order valence-corrected chi connectivity index (χ4v) is 2.08. The standard InChI is InChI=1S/C13H16BrF2NO2/c1-17(5-3-2-4-6-18)13(19)12-10(15)7-9(14)8-11(12)16/h7-8,18H,2-6H2,1H3. The Bertz CT molecular complexity index is 431. The molecule has 0 fully saturated rings. The van der Waals surface area contributed by atoms with E-state index in [9.17, 15) is 13.6 Å². The van der Waals surface area contributed by atoms with Crippen LogP contribution in [-0.2, 0) is 0 Å². The molecule has 0 saturated heterocycles. The first-order valence-corrected chi connectivity index (χ1v) is 6.77. The number of carbonyl (C=O) groups excluding carboxylic acids is 1. The Balaban J connectivity index is 2.72. The van der Waals surface area contributed by atoms with Gasteiger partial charge in [0.15, 0.2) is 0 Å². The molecule has 0 bridgehead atoms. The molecule has 0 aromatic heterocycles. The highest BCUT2D eigenvalue weighted by Crippen LogP contribution is 2.20. The molecule has 19 heavy (non-hydrogen) atoms. The van der Waals surface area contributed by atoms with Crippen LogP contribution in [0.4, 0.5) is 8.78 Å². The number of carbonyl (C=O) groups is 1. The van der Waals surface area contributed by atoms with Crippen molar-refractivity contribution >= 4 is 21.8 Å². The van der Waals surface area contributed by atoms with Crippen molar-refractivity contribution in [1.82, 2.24) is 4.90 Å². The molecular weight excluding hydrogens is 320 g/mol. The molecule has 0 radical (unpaired) electrons. The Kier molecular flexibility index (Phi) is 6.37. The molecule has 1 aromatic rings. The predicted octanol–water partition coefficient (Wildman–Crippen LogP) is 2.96. The third-order valence-corrected chi connectivity index (χ3v) is 3.18. The molecule has 3 nitrogen and oxygen atoms in total. The molecule has 6 heteroatoms. The molecule has 0 saturated carbocycles. The van der Waals surface area contributed by atoms with Crippen molar-refractivity contribution in [2.24, 2.45) is 0 Å². The van der Waals surface area contributed by atoms with Crippen LogP contribution in [0, 0.1) is 11.6 Å². The average molecular weight is 336 g/mol. The minimum absolute atomic E-state index is 0.105. The molecule has 0 aliphatic heterocycles. The second-order valence-corrected chi connectivity index (χ2v) is 5.17. The highest BCUT2D eigenvalue weighted by atomic mass is 79.9. The molecule has 1 N–H and O–H groups in total. The Morgan fingerprint density at radius 2 is 1.84 bits per heavy atom. The lowest BCUT2D eigenvalue weighted by Gasteiger charge is -2.18. The Labute approximate surface area is 119 Å². The number of hydrogen-bond donors (Lipinski definition) is 1. The van der Waals surface area contributed by atoms with Gasteiger partial charge in [-0.25, -0.2) is 8.78 Å². The fraction of sp³-hybridized carbons (Fsp3) is 0.462. The van der Waals surface area contributed by atoms with E-state index >= 15 is 0 Å². The number of nitrogens with zero attached hydrogens (tertiary/aromatic N) is 1. The summed E-state index contributed by atoms with van der Waals surface area (Å²) in [5.74, 6) is -2.43. The van der Waals surface area contributed by atoms with Crippen LogP contribution in [0.25, 0.3) is 0 Å². The van der Waals surface area contributed by atoms with Crippen molar-refractivity contribution in [1.29, 1.82) is 0 Å². The largest absolute Gasteiger partial charge is 0.396 e. The zero-order valence-electron chi connectivity index (χ0n) is 10.6. The van der Waals surface area contributed by atoms with Crippen molar-refractivity contribution in [3.8, 4) is 0 Å². The van der Waals surface area contributed by atoms with Gasteiger partial charge < -0.3 is 10.0 Å². The van der Waals surface area contributed by atoms with Crippen molar-refractivity contribution in [3.05, 3.63) is 33.8 Å². The lowest BCUT2D eigenvalue weighted by Crippen LogP contribution is -2.29. The van der Waals surface area contributed by atoms with Crippen LogP contribution >= 0.6 is 15.9 Å². The van der Waals surface area contributed by atoms with Crippen molar-refractivity contribution in [2.75, 3.05) is 20.2 Å². The van der Waals surface area contributed by atoms with Gasteiger partial charge in [-0.05, 0) is 31.4 Å². The second-order valence-electron chi connectivity index (χ2n) is 4.26. The first-order valence-electron chi connectivity index (χ1n) is 5.98. The number of hydrogen-bond acceptors (Lipinski definition) is 2. The van der Waals surface area contributed by atoms with Crippen LogP contribution in [0.5, 0.6) is 0 Å². The van der Waals surface area contributed by atoms with E-state index < -0.39 is 23.1 Å². The topological polar surface area (TPSA) is 40.5 Å². The number of halogens is 3. The summed E-state index contributed by atoms with van der Waals surface area (Å²) < 4.78 is 27.5. The van der Waals surface area contributed by atoms with Crippen molar-refractivity contribution < 1.29 is 18.7 Å². The maximum absolute atomic E-state index is 13.6. The summed E-state index contributed by atoms with van der Waals surface area (Å²) in [6, 6.07) is 2.13. The summed E-state index contributed by atoms with van der Waals surface area (Å²) in [5, 5.41) is 8.63. The maximum Gasteiger partial charge on any atom is 0.259 e. The summed E-state index contributed by atoms with van der Waals surface area (Å²) in [6.45, 7) is 0.501. The van der Waals surface area contributed by atoms with Gasteiger partial charge >= 0.3 is 0 Å². The fourth-order valence-electron chi connectivity index (χ4n) is 1.68. The first kappa shape index (κ1) is 16.0. The number of rotatable bonds is 6. The third-order valence-electron chi connectivity index (χ3n) is 2.72. The van der Waals surface area contributed by atoms with Crippen LogP contribution in [0.3, 0.4) is 0 Å². The molecule has 1 amide bonds. The zero-order valence-corrected chi connectivity index (χ0v) is 12.2. The van der Waals surface area contributed by atoms with E-state index in [4.69, 9.17) is 5.11 Å². The van der Waals surface area contributed by atoms with Crippen LogP contribution in [-0.4, -0.2) is 36.1 Å². The number of benzene rings is 1. The smallest absolute Gasteiger partial charge is 0.259 e. The lowest BCUT2D eigenvalue weighted by atomic mass is 10.1. The van der Waals surface area contributed by atoms with Crippen molar-refractivity contribution in [3.63, 3.8) is 0 Å². The number of aliphatic hydroxyl groups excluding tert-OH is 1. The molecule has 0 atom stereocenters. The SMILES string of the molecule is CN(CCCCCO)C(=O)c1c(F)cc(Br)cc1F. The normalized spacial score (nSPS) is 10.6. The number of aliphatic hydroxyl groups is 1. The van der Waals surface area contributed by atoms with Gasteiger partial charge in [-0.3, -0.25) is 4.79 Å². The van der Waals surface area contributed by atoms with Gasteiger partial charge in [-0.15, -0.1) is 0 Å². The van der Waals surface area contributed by atoms with E-state index in [2.05, 4.69) is 15.9 Å². The van der Waals surface area contributed by atoms with Gasteiger partial charge in [0.1, 0.15) is 17.2 Å². The molecule has 0 spiro atoms. The van der Waals surface area contributed by atoms with Crippen LogP contribution in [0.2, 0.25) is 0 Å². The Morgan fingerprint density at radius 3 is 2.37 bits per heavy atom. The Morgan fingerprint density at radius 1 is 1.26 bits per heavy atom. The highest BCUT2D eigenvalue weighted by molar-refractivity contribution is 9.10. The molecule has 0 aliphatic carbocycles. The maximum atomic E-state index is 13.6. The minimum atomic E-state index is -0.876. The quantitative estimate of drug-likeness (QED) is 0.812. The first-order chi connectivity index (χ1) is 8.97. The van der Waals surface area contributed by atoms with Gasteiger partial charge in [0.25, 0.3) is 5.91 Å². The molecule has 1 aromatic carbocycles. The second kappa shape index (κ2) is 7.55. The highest BCUT2D eigenvalue weighted by Gasteiger charge is 2.21. The zero-order chi connectivity index (χ0) is 14.4. The van der Waals surface area contributed by atoms with Gasteiger partial charge in [0.2, 0.25) is 0 Å². The van der Waals surface area contributed by atoms with E-state index in [-0.39, 0.29) is 11.1 Å². The van der Waals surface area contributed by atoms with E-state index in [1.165, 1.54) is 11.9 Å². The van der Waals surface area contributed by atoms with Gasteiger partial charge in [0, 0.05) is 24.7 Å². The lowest BCUT2D eigenvalue weighted by molar-refractivity contribution is 0.0782. The number of amides is 1. The van der Waals surface area contributed by atoms with Crippen molar-refractivity contribution in [2.45, 2.75) is 19.3 Å². The van der Waals surface area contributed by atoms with Gasteiger partial charge in [-0.2, -0.15) is 0 Å². The third kappa shape index (κ3) is 4.54. The molecule has 106 valence electrons. The average Bonchev–Trinajstić information content (AvgIpc) is 2.33. The molecule has 1 rings (SSSR count).